The van der Waals surface area contributed by atoms with Crippen LogP contribution < -0.4 is 0 Å². The van der Waals surface area contributed by atoms with Gasteiger partial charge in [-0.1, -0.05) is 34.6 Å². The van der Waals surface area contributed by atoms with E-state index in [1.54, 1.807) is 0 Å². The molecule has 1 saturated heterocycles. The Labute approximate surface area is 117 Å². The van der Waals surface area contributed by atoms with Crippen LogP contribution in [0.3, 0.4) is 0 Å². The van der Waals surface area contributed by atoms with Gasteiger partial charge in [0.15, 0.2) is 0 Å². The van der Waals surface area contributed by atoms with E-state index in [9.17, 15) is 9.90 Å². The van der Waals surface area contributed by atoms with E-state index in [0.29, 0.717) is 12.0 Å². The van der Waals surface area contributed by atoms with E-state index in [4.69, 9.17) is 0 Å². The van der Waals surface area contributed by atoms with E-state index in [2.05, 4.69) is 39.5 Å². The lowest BCUT2D eigenvalue weighted by Gasteiger charge is -2.55. The number of carboxylic acid groups (broad SMARTS) is 1. The van der Waals surface area contributed by atoms with Gasteiger partial charge in [0.05, 0.1) is 5.92 Å². The Morgan fingerprint density at radius 1 is 1.26 bits per heavy atom. The first-order valence-electron chi connectivity index (χ1n) is 7.72. The molecular weight excluding hydrogens is 238 g/mol. The van der Waals surface area contributed by atoms with Crippen LogP contribution in [0.4, 0.5) is 0 Å². The van der Waals surface area contributed by atoms with Gasteiger partial charge in [-0.3, -0.25) is 9.69 Å². The third-order valence-corrected chi connectivity index (χ3v) is 6.05. The van der Waals surface area contributed by atoms with Gasteiger partial charge in [0, 0.05) is 19.1 Å². The zero-order valence-corrected chi connectivity index (χ0v) is 13.0. The van der Waals surface area contributed by atoms with Crippen LogP contribution >= 0.6 is 0 Å². The normalized spacial score (nSPS) is 36.2. The highest BCUT2D eigenvalue weighted by Crippen LogP contribution is 2.48. The van der Waals surface area contributed by atoms with E-state index in [0.717, 1.165) is 24.7 Å². The van der Waals surface area contributed by atoms with Crippen molar-refractivity contribution in [3.05, 3.63) is 0 Å². The molecule has 3 unspecified atom stereocenters. The minimum absolute atomic E-state index is 0.0995. The van der Waals surface area contributed by atoms with Gasteiger partial charge in [0.2, 0.25) is 0 Å². The lowest BCUT2D eigenvalue weighted by atomic mass is 9.60. The molecule has 2 fully saturated rings. The molecule has 1 aliphatic heterocycles. The number of likely N-dealkylation sites (tertiary alicyclic amines) is 1. The van der Waals surface area contributed by atoms with Crippen molar-refractivity contribution in [2.75, 3.05) is 13.1 Å². The molecule has 0 bridgehead atoms. The minimum atomic E-state index is -0.612. The predicted molar refractivity (Wildman–Crippen MR) is 77.0 cm³/mol. The van der Waals surface area contributed by atoms with E-state index in [-0.39, 0.29) is 11.3 Å². The molecule has 0 aromatic rings. The summed E-state index contributed by atoms with van der Waals surface area (Å²) < 4.78 is 0. The Balaban J connectivity index is 2.01. The molecule has 19 heavy (non-hydrogen) atoms. The average Bonchev–Trinajstić information content (AvgIpc) is 2.20. The maximum atomic E-state index is 11.4. The SMILES string of the molecule is CC(C)C1CN(C2CCC(C(=O)O)C(C)(C)C2C)C1. The van der Waals surface area contributed by atoms with Crippen molar-refractivity contribution in [3.8, 4) is 0 Å². The molecule has 3 atom stereocenters. The Hall–Kier alpha value is -0.570. The third-order valence-electron chi connectivity index (χ3n) is 6.05. The maximum absolute atomic E-state index is 11.4. The van der Waals surface area contributed by atoms with E-state index >= 15 is 0 Å². The van der Waals surface area contributed by atoms with E-state index < -0.39 is 5.97 Å². The largest absolute Gasteiger partial charge is 0.481 e. The van der Waals surface area contributed by atoms with Crippen molar-refractivity contribution in [1.82, 2.24) is 4.90 Å². The lowest BCUT2D eigenvalue weighted by Crippen LogP contribution is -2.60. The highest BCUT2D eigenvalue weighted by Gasteiger charge is 2.49. The van der Waals surface area contributed by atoms with Crippen LogP contribution in [0.1, 0.15) is 47.5 Å². The van der Waals surface area contributed by atoms with Gasteiger partial charge >= 0.3 is 5.97 Å². The van der Waals surface area contributed by atoms with Crippen LogP contribution in [0.15, 0.2) is 0 Å². The fraction of sp³-hybridized carbons (Fsp3) is 0.938. The van der Waals surface area contributed by atoms with Gasteiger partial charge in [-0.2, -0.15) is 0 Å². The lowest BCUT2D eigenvalue weighted by molar-refractivity contribution is -0.153. The van der Waals surface area contributed by atoms with Crippen LogP contribution in [0.5, 0.6) is 0 Å². The molecule has 1 heterocycles. The zero-order valence-electron chi connectivity index (χ0n) is 13.0. The molecule has 3 nitrogen and oxygen atoms in total. The zero-order chi connectivity index (χ0) is 14.4. The number of hydrogen-bond donors (Lipinski definition) is 1. The van der Waals surface area contributed by atoms with Crippen LogP contribution in [0, 0.1) is 29.1 Å². The average molecular weight is 267 g/mol. The molecule has 0 aromatic carbocycles. The number of hydrogen-bond acceptors (Lipinski definition) is 2. The first-order valence-corrected chi connectivity index (χ1v) is 7.72. The fourth-order valence-corrected chi connectivity index (χ4v) is 3.95. The second-order valence-corrected chi connectivity index (χ2v) is 7.60. The molecule has 2 aliphatic rings. The molecule has 110 valence electrons. The first kappa shape index (κ1) is 14.8. The quantitative estimate of drug-likeness (QED) is 0.854. The number of aliphatic carboxylic acids is 1. The summed E-state index contributed by atoms with van der Waals surface area (Å²) in [4.78, 5) is 14.0. The molecule has 0 amide bonds. The molecule has 1 saturated carbocycles. The van der Waals surface area contributed by atoms with Crippen molar-refractivity contribution in [1.29, 1.82) is 0 Å². The van der Waals surface area contributed by atoms with E-state index in [1.807, 2.05) is 0 Å². The summed E-state index contributed by atoms with van der Waals surface area (Å²) in [7, 11) is 0. The minimum Gasteiger partial charge on any atom is -0.481 e. The number of carboxylic acids is 1. The Morgan fingerprint density at radius 2 is 1.84 bits per heavy atom. The summed E-state index contributed by atoms with van der Waals surface area (Å²) in [5, 5.41) is 9.39. The summed E-state index contributed by atoms with van der Waals surface area (Å²) in [6.45, 7) is 13.6. The van der Waals surface area contributed by atoms with Crippen LogP contribution in [-0.4, -0.2) is 35.1 Å². The molecule has 0 aromatic heterocycles. The number of carbonyl (C=O) groups is 1. The monoisotopic (exact) mass is 267 g/mol. The van der Waals surface area contributed by atoms with Gasteiger partial charge in [-0.25, -0.2) is 0 Å². The second kappa shape index (κ2) is 5.08. The highest BCUT2D eigenvalue weighted by molar-refractivity contribution is 5.71. The Morgan fingerprint density at radius 3 is 2.32 bits per heavy atom. The van der Waals surface area contributed by atoms with Crippen LogP contribution in [-0.2, 0) is 4.79 Å². The first-order chi connectivity index (χ1) is 8.75. The fourth-order valence-electron chi connectivity index (χ4n) is 3.95. The smallest absolute Gasteiger partial charge is 0.307 e. The van der Waals surface area contributed by atoms with Gasteiger partial charge in [0.25, 0.3) is 0 Å². The van der Waals surface area contributed by atoms with Crippen LogP contribution in [0.2, 0.25) is 0 Å². The standard InChI is InChI=1S/C16H29NO2/c1-10(2)12-8-17(9-12)14-7-6-13(15(18)19)16(4,5)11(14)3/h10-14H,6-9H2,1-5H3,(H,18,19). The summed E-state index contributed by atoms with van der Waals surface area (Å²) >= 11 is 0. The van der Waals surface area contributed by atoms with Gasteiger partial charge < -0.3 is 5.11 Å². The van der Waals surface area contributed by atoms with Crippen molar-refractivity contribution in [3.63, 3.8) is 0 Å². The summed E-state index contributed by atoms with van der Waals surface area (Å²) in [5.41, 5.74) is -0.0995. The van der Waals surface area contributed by atoms with Gasteiger partial charge in [-0.05, 0) is 36.0 Å². The molecule has 0 radical (unpaired) electrons. The Kier molecular flexibility index (Phi) is 3.97. The summed E-state index contributed by atoms with van der Waals surface area (Å²) in [6.07, 6.45) is 1.88. The highest BCUT2D eigenvalue weighted by atomic mass is 16.4. The third kappa shape index (κ3) is 2.54. The topological polar surface area (TPSA) is 40.5 Å². The molecule has 0 spiro atoms. The second-order valence-electron chi connectivity index (χ2n) is 7.60. The maximum Gasteiger partial charge on any atom is 0.307 e. The van der Waals surface area contributed by atoms with Gasteiger partial charge in [0.1, 0.15) is 0 Å². The van der Waals surface area contributed by atoms with E-state index in [1.165, 1.54) is 13.1 Å². The van der Waals surface area contributed by atoms with Gasteiger partial charge in [-0.15, -0.1) is 0 Å². The van der Waals surface area contributed by atoms with Crippen molar-refractivity contribution >= 4 is 5.97 Å². The number of rotatable bonds is 3. The number of nitrogens with zero attached hydrogens (tertiary/aromatic N) is 1. The van der Waals surface area contributed by atoms with Crippen molar-refractivity contribution in [2.24, 2.45) is 29.1 Å². The molecule has 3 heteroatoms. The summed E-state index contributed by atoms with van der Waals surface area (Å²) in [5.74, 6) is 1.28. The summed E-state index contributed by atoms with van der Waals surface area (Å²) in [6, 6.07) is 0.584. The molecule has 1 N–H and O–H groups in total. The predicted octanol–water partition coefficient (Wildman–Crippen LogP) is 3.10. The molecular formula is C16H29NO2. The molecule has 2 rings (SSSR count). The Bertz CT molecular complexity index is 345. The van der Waals surface area contributed by atoms with Crippen molar-refractivity contribution in [2.45, 2.75) is 53.5 Å². The van der Waals surface area contributed by atoms with Crippen LogP contribution in [0.25, 0.3) is 0 Å². The van der Waals surface area contributed by atoms with Crippen molar-refractivity contribution < 1.29 is 9.90 Å². The molecule has 1 aliphatic carbocycles.